The van der Waals surface area contributed by atoms with E-state index in [-0.39, 0.29) is 5.78 Å². The van der Waals surface area contributed by atoms with Crippen molar-refractivity contribution in [2.24, 2.45) is 0 Å². The standard InChI is InChI=1S/C16H24N2O2/c1-12-9-14(20-4)10-13(2)16(12)15(19)11-18-7-5-17(3)6-8-18/h9-10H,5-8,11H2,1-4H3. The summed E-state index contributed by atoms with van der Waals surface area (Å²) in [5, 5.41) is 0. The lowest BCUT2D eigenvalue weighted by Crippen LogP contribution is -2.46. The zero-order chi connectivity index (χ0) is 14.7. The number of hydrogen-bond acceptors (Lipinski definition) is 4. The van der Waals surface area contributed by atoms with Gasteiger partial charge in [0, 0.05) is 31.7 Å². The molecule has 110 valence electrons. The van der Waals surface area contributed by atoms with E-state index in [2.05, 4.69) is 16.8 Å². The number of nitrogens with zero attached hydrogens (tertiary/aromatic N) is 2. The van der Waals surface area contributed by atoms with Gasteiger partial charge in [-0.2, -0.15) is 0 Å². The Balaban J connectivity index is 2.09. The van der Waals surface area contributed by atoms with E-state index < -0.39 is 0 Å². The van der Waals surface area contributed by atoms with Crippen LogP contribution in [-0.4, -0.2) is 62.5 Å². The number of rotatable bonds is 4. The molecule has 1 aromatic rings. The minimum atomic E-state index is 0.215. The lowest BCUT2D eigenvalue weighted by Gasteiger charge is -2.32. The van der Waals surface area contributed by atoms with Crippen molar-refractivity contribution in [1.29, 1.82) is 0 Å². The van der Waals surface area contributed by atoms with Gasteiger partial charge in [0.15, 0.2) is 5.78 Å². The summed E-state index contributed by atoms with van der Waals surface area (Å²) in [6.45, 7) is 8.48. The van der Waals surface area contributed by atoms with Crippen molar-refractivity contribution in [3.63, 3.8) is 0 Å². The molecular formula is C16H24N2O2. The van der Waals surface area contributed by atoms with Gasteiger partial charge in [0.1, 0.15) is 5.75 Å². The summed E-state index contributed by atoms with van der Waals surface area (Å²) in [6.07, 6.45) is 0. The Morgan fingerprint density at radius 1 is 1.15 bits per heavy atom. The maximum Gasteiger partial charge on any atom is 0.177 e. The summed E-state index contributed by atoms with van der Waals surface area (Å²) in [4.78, 5) is 17.1. The fourth-order valence-corrected chi connectivity index (χ4v) is 2.77. The van der Waals surface area contributed by atoms with E-state index in [9.17, 15) is 4.79 Å². The molecule has 1 aliphatic rings. The number of hydrogen-bond donors (Lipinski definition) is 0. The van der Waals surface area contributed by atoms with Gasteiger partial charge in [-0.15, -0.1) is 0 Å². The Morgan fingerprint density at radius 2 is 1.70 bits per heavy atom. The summed E-state index contributed by atoms with van der Waals surface area (Å²) in [7, 11) is 3.77. The molecule has 2 rings (SSSR count). The largest absolute Gasteiger partial charge is 0.497 e. The summed E-state index contributed by atoms with van der Waals surface area (Å²) < 4.78 is 5.25. The summed E-state index contributed by atoms with van der Waals surface area (Å²) in [5.74, 6) is 1.03. The van der Waals surface area contributed by atoms with Crippen LogP contribution in [0, 0.1) is 13.8 Å². The van der Waals surface area contributed by atoms with Crippen LogP contribution in [0.1, 0.15) is 21.5 Å². The molecule has 1 fully saturated rings. The molecule has 0 spiro atoms. The number of piperazine rings is 1. The molecule has 20 heavy (non-hydrogen) atoms. The van der Waals surface area contributed by atoms with Gasteiger partial charge in [0.25, 0.3) is 0 Å². The molecule has 0 unspecified atom stereocenters. The van der Waals surface area contributed by atoms with Crippen molar-refractivity contribution in [2.45, 2.75) is 13.8 Å². The zero-order valence-corrected chi connectivity index (χ0v) is 12.9. The lowest BCUT2D eigenvalue weighted by atomic mass is 9.98. The molecule has 0 N–H and O–H groups in total. The molecular weight excluding hydrogens is 252 g/mol. The van der Waals surface area contributed by atoms with Gasteiger partial charge in [-0.3, -0.25) is 9.69 Å². The van der Waals surface area contributed by atoms with E-state index in [1.54, 1.807) is 7.11 Å². The molecule has 0 saturated carbocycles. The Hall–Kier alpha value is -1.39. The summed E-state index contributed by atoms with van der Waals surface area (Å²) in [6, 6.07) is 3.87. The summed E-state index contributed by atoms with van der Waals surface area (Å²) in [5.41, 5.74) is 2.85. The zero-order valence-electron chi connectivity index (χ0n) is 12.9. The van der Waals surface area contributed by atoms with E-state index in [1.807, 2.05) is 26.0 Å². The molecule has 1 saturated heterocycles. The van der Waals surface area contributed by atoms with Crippen molar-refractivity contribution in [1.82, 2.24) is 9.80 Å². The van der Waals surface area contributed by atoms with E-state index in [0.29, 0.717) is 6.54 Å². The van der Waals surface area contributed by atoms with Gasteiger partial charge in [0.2, 0.25) is 0 Å². The molecule has 0 bridgehead atoms. The SMILES string of the molecule is COc1cc(C)c(C(=O)CN2CCN(C)CC2)c(C)c1. The van der Waals surface area contributed by atoms with Crippen molar-refractivity contribution in [3.8, 4) is 5.75 Å². The molecule has 0 amide bonds. The second kappa shape index (κ2) is 6.37. The normalized spacial score (nSPS) is 17.2. The Kier molecular flexibility index (Phi) is 4.78. The number of aryl methyl sites for hydroxylation is 2. The molecule has 1 aromatic carbocycles. The predicted octanol–water partition coefficient (Wildman–Crippen LogP) is 1.74. The van der Waals surface area contributed by atoms with Gasteiger partial charge in [0.05, 0.1) is 13.7 Å². The number of carbonyl (C=O) groups is 1. The van der Waals surface area contributed by atoms with E-state index in [4.69, 9.17) is 4.74 Å². The average molecular weight is 276 g/mol. The first-order valence-electron chi connectivity index (χ1n) is 7.10. The summed E-state index contributed by atoms with van der Waals surface area (Å²) >= 11 is 0. The quantitative estimate of drug-likeness (QED) is 0.784. The maximum absolute atomic E-state index is 12.5. The van der Waals surface area contributed by atoms with E-state index >= 15 is 0 Å². The van der Waals surface area contributed by atoms with Crippen LogP contribution >= 0.6 is 0 Å². The van der Waals surface area contributed by atoms with Crippen LogP contribution in [0.25, 0.3) is 0 Å². The fraction of sp³-hybridized carbons (Fsp3) is 0.562. The Labute approximate surface area is 121 Å². The van der Waals surface area contributed by atoms with Crippen LogP contribution < -0.4 is 4.74 Å². The minimum Gasteiger partial charge on any atom is -0.497 e. The van der Waals surface area contributed by atoms with Gasteiger partial charge < -0.3 is 9.64 Å². The van der Waals surface area contributed by atoms with Gasteiger partial charge in [-0.1, -0.05) is 0 Å². The highest BCUT2D eigenvalue weighted by Gasteiger charge is 2.20. The van der Waals surface area contributed by atoms with Crippen molar-refractivity contribution in [2.75, 3.05) is 46.9 Å². The Morgan fingerprint density at radius 3 is 2.20 bits per heavy atom. The van der Waals surface area contributed by atoms with Crippen molar-refractivity contribution < 1.29 is 9.53 Å². The number of Topliss-reactive ketones (excluding diaryl/α,β-unsaturated/α-hetero) is 1. The van der Waals surface area contributed by atoms with Crippen LogP contribution in [0.15, 0.2) is 12.1 Å². The number of benzene rings is 1. The molecule has 0 aliphatic carbocycles. The highest BCUT2D eigenvalue weighted by Crippen LogP contribution is 2.22. The average Bonchev–Trinajstić information content (AvgIpc) is 2.40. The third-order valence-electron chi connectivity index (χ3n) is 3.98. The third-order valence-corrected chi connectivity index (χ3v) is 3.98. The number of likely N-dealkylation sites (N-methyl/N-ethyl adjacent to an activating group) is 1. The topological polar surface area (TPSA) is 32.8 Å². The minimum absolute atomic E-state index is 0.215. The van der Waals surface area contributed by atoms with Gasteiger partial charge >= 0.3 is 0 Å². The van der Waals surface area contributed by atoms with Gasteiger partial charge in [-0.25, -0.2) is 0 Å². The van der Waals surface area contributed by atoms with Gasteiger partial charge in [-0.05, 0) is 44.2 Å². The van der Waals surface area contributed by atoms with Crippen molar-refractivity contribution in [3.05, 3.63) is 28.8 Å². The number of methoxy groups -OCH3 is 1. The predicted molar refractivity (Wildman–Crippen MR) is 80.7 cm³/mol. The fourth-order valence-electron chi connectivity index (χ4n) is 2.77. The monoisotopic (exact) mass is 276 g/mol. The maximum atomic E-state index is 12.5. The molecule has 4 nitrogen and oxygen atoms in total. The number of ketones is 1. The molecule has 1 aliphatic heterocycles. The smallest absolute Gasteiger partial charge is 0.177 e. The highest BCUT2D eigenvalue weighted by atomic mass is 16.5. The first kappa shape index (κ1) is 15.0. The van der Waals surface area contributed by atoms with Crippen molar-refractivity contribution >= 4 is 5.78 Å². The van der Waals surface area contributed by atoms with Crippen LogP contribution in [0.5, 0.6) is 5.75 Å². The van der Waals surface area contributed by atoms with Crippen LogP contribution in [0.2, 0.25) is 0 Å². The molecule has 1 heterocycles. The first-order valence-corrected chi connectivity index (χ1v) is 7.10. The third kappa shape index (κ3) is 3.38. The Bertz CT molecular complexity index is 468. The number of carbonyl (C=O) groups excluding carboxylic acids is 1. The van der Waals surface area contributed by atoms with E-state index in [1.165, 1.54) is 0 Å². The second-order valence-electron chi connectivity index (χ2n) is 5.64. The highest BCUT2D eigenvalue weighted by molar-refractivity contribution is 6.00. The van der Waals surface area contributed by atoms with Crippen LogP contribution in [-0.2, 0) is 0 Å². The first-order chi connectivity index (χ1) is 9.51. The van der Waals surface area contributed by atoms with Crippen LogP contribution in [0.3, 0.4) is 0 Å². The molecule has 4 heteroatoms. The molecule has 0 atom stereocenters. The lowest BCUT2D eigenvalue weighted by molar-refractivity contribution is 0.0875. The number of ether oxygens (including phenoxy) is 1. The second-order valence-corrected chi connectivity index (χ2v) is 5.64. The molecule has 0 aromatic heterocycles. The van der Waals surface area contributed by atoms with Crippen LogP contribution in [0.4, 0.5) is 0 Å². The molecule has 0 radical (unpaired) electrons. The van der Waals surface area contributed by atoms with E-state index in [0.717, 1.165) is 48.6 Å².